The van der Waals surface area contributed by atoms with Gasteiger partial charge in [0.05, 0.1) is 5.56 Å². The number of benzene rings is 2. The predicted octanol–water partition coefficient (Wildman–Crippen LogP) is 4.25. The van der Waals surface area contributed by atoms with Crippen molar-refractivity contribution in [3.63, 3.8) is 0 Å². The Morgan fingerprint density at radius 1 is 1.04 bits per heavy atom. The van der Waals surface area contributed by atoms with Gasteiger partial charge in [-0.2, -0.15) is 13.2 Å². The average molecular weight is 387 g/mol. The number of amides is 1. The summed E-state index contributed by atoms with van der Waals surface area (Å²) in [5.41, 5.74) is 7.40. The number of anilines is 1. The maximum absolute atomic E-state index is 12.5. The molecule has 7 heteroatoms. The number of alkyl halides is 3. The van der Waals surface area contributed by atoms with E-state index in [0.717, 1.165) is 17.7 Å². The SMILES string of the molecule is CC(Cc1ccc(C(F)(F)F)cc1)C(=O)NCCc1ccc(N)cc1.Cl. The predicted molar refractivity (Wildman–Crippen MR) is 99.1 cm³/mol. The van der Waals surface area contributed by atoms with E-state index in [-0.39, 0.29) is 24.2 Å². The van der Waals surface area contributed by atoms with Crippen LogP contribution in [0.1, 0.15) is 23.6 Å². The molecule has 1 atom stereocenters. The summed E-state index contributed by atoms with van der Waals surface area (Å²) in [4.78, 5) is 12.1. The molecule has 3 N–H and O–H groups in total. The molecule has 142 valence electrons. The van der Waals surface area contributed by atoms with Crippen LogP contribution in [-0.4, -0.2) is 12.5 Å². The number of carbonyl (C=O) groups excluding carboxylic acids is 1. The zero-order chi connectivity index (χ0) is 18.4. The topological polar surface area (TPSA) is 55.1 Å². The molecular weight excluding hydrogens is 365 g/mol. The molecule has 0 fully saturated rings. The van der Waals surface area contributed by atoms with E-state index in [1.165, 1.54) is 12.1 Å². The van der Waals surface area contributed by atoms with Gasteiger partial charge < -0.3 is 11.1 Å². The minimum absolute atomic E-state index is 0. The van der Waals surface area contributed by atoms with Crippen molar-refractivity contribution in [1.29, 1.82) is 0 Å². The molecule has 0 aromatic heterocycles. The molecule has 0 saturated carbocycles. The first-order chi connectivity index (χ1) is 11.8. The van der Waals surface area contributed by atoms with E-state index >= 15 is 0 Å². The quantitative estimate of drug-likeness (QED) is 0.729. The summed E-state index contributed by atoms with van der Waals surface area (Å²) in [6, 6.07) is 12.4. The van der Waals surface area contributed by atoms with Gasteiger partial charge in [-0.3, -0.25) is 4.79 Å². The molecule has 0 aliphatic carbocycles. The number of halogens is 4. The summed E-state index contributed by atoms with van der Waals surface area (Å²) in [6.07, 6.45) is -3.26. The maximum Gasteiger partial charge on any atom is 0.416 e. The van der Waals surface area contributed by atoms with Crippen LogP contribution in [0.5, 0.6) is 0 Å². The lowest BCUT2D eigenvalue weighted by atomic mass is 9.99. The summed E-state index contributed by atoms with van der Waals surface area (Å²) < 4.78 is 37.6. The molecule has 0 saturated heterocycles. The Kier molecular flexibility index (Phi) is 7.96. The van der Waals surface area contributed by atoms with Gasteiger partial charge in [-0.1, -0.05) is 31.2 Å². The number of carbonyl (C=O) groups is 1. The third-order valence-electron chi connectivity index (χ3n) is 3.96. The molecule has 2 rings (SSSR count). The number of rotatable bonds is 6. The Balaban J connectivity index is 0.00000338. The number of hydrogen-bond donors (Lipinski definition) is 2. The van der Waals surface area contributed by atoms with Crippen LogP contribution < -0.4 is 11.1 Å². The smallest absolute Gasteiger partial charge is 0.399 e. The number of hydrogen-bond acceptors (Lipinski definition) is 2. The van der Waals surface area contributed by atoms with Crippen LogP contribution in [-0.2, 0) is 23.8 Å². The first kappa shape index (κ1) is 21.8. The summed E-state index contributed by atoms with van der Waals surface area (Å²) in [6.45, 7) is 2.26. The van der Waals surface area contributed by atoms with E-state index in [1.54, 1.807) is 6.92 Å². The Morgan fingerprint density at radius 3 is 2.12 bits per heavy atom. The van der Waals surface area contributed by atoms with E-state index < -0.39 is 11.7 Å². The first-order valence-corrected chi connectivity index (χ1v) is 8.04. The molecule has 1 amide bonds. The van der Waals surface area contributed by atoms with Crippen molar-refractivity contribution < 1.29 is 18.0 Å². The number of nitrogens with two attached hydrogens (primary N) is 1. The molecule has 0 aliphatic heterocycles. The van der Waals surface area contributed by atoms with Gasteiger partial charge in [-0.25, -0.2) is 0 Å². The van der Waals surface area contributed by atoms with Crippen LogP contribution in [0.15, 0.2) is 48.5 Å². The van der Waals surface area contributed by atoms with Gasteiger partial charge in [0.25, 0.3) is 0 Å². The van der Waals surface area contributed by atoms with Crippen molar-refractivity contribution in [3.8, 4) is 0 Å². The maximum atomic E-state index is 12.5. The molecule has 0 bridgehead atoms. The number of nitrogen functional groups attached to an aromatic ring is 1. The molecule has 26 heavy (non-hydrogen) atoms. The molecule has 0 heterocycles. The highest BCUT2D eigenvalue weighted by atomic mass is 35.5. The van der Waals surface area contributed by atoms with Crippen molar-refractivity contribution in [2.45, 2.75) is 25.9 Å². The van der Waals surface area contributed by atoms with Crippen LogP contribution in [0.25, 0.3) is 0 Å². The summed E-state index contributed by atoms with van der Waals surface area (Å²) in [5.74, 6) is -0.432. The average Bonchev–Trinajstić information content (AvgIpc) is 2.56. The Bertz CT molecular complexity index is 700. The molecule has 0 radical (unpaired) electrons. The minimum Gasteiger partial charge on any atom is -0.399 e. The van der Waals surface area contributed by atoms with E-state index in [4.69, 9.17) is 5.73 Å². The minimum atomic E-state index is -4.34. The second kappa shape index (κ2) is 9.48. The van der Waals surface area contributed by atoms with Gasteiger partial charge in [0, 0.05) is 18.2 Å². The third-order valence-corrected chi connectivity index (χ3v) is 3.96. The molecule has 0 spiro atoms. The van der Waals surface area contributed by atoms with Crippen LogP contribution in [0, 0.1) is 5.92 Å². The van der Waals surface area contributed by atoms with Crippen molar-refractivity contribution in [2.24, 2.45) is 5.92 Å². The monoisotopic (exact) mass is 386 g/mol. The second-order valence-corrected chi connectivity index (χ2v) is 6.08. The standard InChI is InChI=1S/C19H21F3N2O.ClH/c1-13(12-15-2-6-16(7-3-15)19(20,21)22)18(25)24-11-10-14-4-8-17(23)9-5-14;/h2-9,13H,10-12,23H2,1H3,(H,24,25);1H. The molecule has 1 unspecified atom stereocenters. The number of nitrogens with one attached hydrogen (secondary N) is 1. The van der Waals surface area contributed by atoms with Gasteiger partial charge in [0.15, 0.2) is 0 Å². The van der Waals surface area contributed by atoms with Gasteiger partial charge in [-0.05, 0) is 48.2 Å². The van der Waals surface area contributed by atoms with Gasteiger partial charge in [0.2, 0.25) is 5.91 Å². The molecule has 0 aliphatic rings. The third kappa shape index (κ3) is 6.59. The summed E-state index contributed by atoms with van der Waals surface area (Å²) >= 11 is 0. The van der Waals surface area contributed by atoms with Gasteiger partial charge in [0.1, 0.15) is 0 Å². The lowest BCUT2D eigenvalue weighted by Crippen LogP contribution is -2.31. The van der Waals surface area contributed by atoms with E-state index in [0.29, 0.717) is 30.6 Å². The second-order valence-electron chi connectivity index (χ2n) is 6.08. The van der Waals surface area contributed by atoms with Crippen molar-refractivity contribution in [3.05, 3.63) is 65.2 Å². The highest BCUT2D eigenvalue weighted by molar-refractivity contribution is 5.85. The molecule has 2 aromatic carbocycles. The fraction of sp³-hybridized carbons (Fsp3) is 0.316. The van der Waals surface area contributed by atoms with Crippen molar-refractivity contribution in [1.82, 2.24) is 5.32 Å². The van der Waals surface area contributed by atoms with Crippen molar-refractivity contribution in [2.75, 3.05) is 12.3 Å². The lowest BCUT2D eigenvalue weighted by molar-refractivity contribution is -0.137. The van der Waals surface area contributed by atoms with Crippen LogP contribution in [0.3, 0.4) is 0 Å². The Labute approximate surface area is 157 Å². The Morgan fingerprint density at radius 2 is 1.58 bits per heavy atom. The largest absolute Gasteiger partial charge is 0.416 e. The lowest BCUT2D eigenvalue weighted by Gasteiger charge is -2.13. The van der Waals surface area contributed by atoms with Crippen LogP contribution in [0.2, 0.25) is 0 Å². The normalized spacial score (nSPS) is 12.2. The van der Waals surface area contributed by atoms with Gasteiger partial charge >= 0.3 is 6.18 Å². The van der Waals surface area contributed by atoms with Gasteiger partial charge in [-0.15, -0.1) is 12.4 Å². The van der Waals surface area contributed by atoms with E-state index in [9.17, 15) is 18.0 Å². The fourth-order valence-electron chi connectivity index (χ4n) is 2.46. The Hall–Kier alpha value is -2.21. The fourth-order valence-corrected chi connectivity index (χ4v) is 2.46. The highest BCUT2D eigenvalue weighted by Crippen LogP contribution is 2.29. The highest BCUT2D eigenvalue weighted by Gasteiger charge is 2.30. The molecule has 3 nitrogen and oxygen atoms in total. The first-order valence-electron chi connectivity index (χ1n) is 8.04. The molecular formula is C19H22ClF3N2O. The molecule has 2 aromatic rings. The summed E-state index contributed by atoms with van der Waals surface area (Å²) in [5, 5.41) is 2.85. The zero-order valence-corrected chi connectivity index (χ0v) is 15.2. The van der Waals surface area contributed by atoms with E-state index in [1.807, 2.05) is 24.3 Å². The summed E-state index contributed by atoms with van der Waals surface area (Å²) in [7, 11) is 0. The van der Waals surface area contributed by atoms with Crippen molar-refractivity contribution >= 4 is 24.0 Å². The van der Waals surface area contributed by atoms with Crippen LogP contribution in [0.4, 0.5) is 18.9 Å². The zero-order valence-electron chi connectivity index (χ0n) is 14.3. The van der Waals surface area contributed by atoms with E-state index in [2.05, 4.69) is 5.32 Å². The van der Waals surface area contributed by atoms with Crippen LogP contribution >= 0.6 is 12.4 Å².